The minimum absolute atomic E-state index is 0.00623. The molecule has 0 amide bonds. The number of Topliss-reactive ketones (excluding diaryl/α,β-unsaturated/α-hetero) is 1. The summed E-state index contributed by atoms with van der Waals surface area (Å²) in [5, 5.41) is 13.6. The molecule has 3 N–H and O–H groups in total. The van der Waals surface area contributed by atoms with Gasteiger partial charge >= 0.3 is 0 Å². The molecule has 10 heteroatoms. The molecule has 1 aromatic heterocycles. The van der Waals surface area contributed by atoms with Gasteiger partial charge in [0.15, 0.2) is 5.78 Å². The molecule has 4 aromatic rings. The lowest BCUT2D eigenvalue weighted by Crippen LogP contribution is -2.36. The summed E-state index contributed by atoms with van der Waals surface area (Å²) in [4.78, 5) is 15.6. The maximum atomic E-state index is 13.4. The summed E-state index contributed by atoms with van der Waals surface area (Å²) in [5.74, 6) is 0.913. The maximum absolute atomic E-state index is 13.4. The lowest BCUT2D eigenvalue weighted by molar-refractivity contribution is 0.101. The second kappa shape index (κ2) is 12.7. The van der Waals surface area contributed by atoms with Crippen molar-refractivity contribution in [1.82, 2.24) is 10.3 Å². The zero-order valence-corrected chi connectivity index (χ0v) is 24.2. The molecule has 9 nitrogen and oxygen atoms in total. The van der Waals surface area contributed by atoms with Crippen LogP contribution in [-0.4, -0.2) is 50.6 Å². The highest BCUT2D eigenvalue weighted by Crippen LogP contribution is 2.35. The molecule has 0 fully saturated rings. The number of ether oxygens (including phenoxy) is 2. The Balaban J connectivity index is 1.27. The maximum Gasteiger partial charge on any atom is 0.265 e. The number of nitrogens with zero attached hydrogens (tertiary/aromatic N) is 1. The van der Waals surface area contributed by atoms with Crippen molar-refractivity contribution in [3.05, 3.63) is 102 Å². The van der Waals surface area contributed by atoms with E-state index in [9.17, 15) is 18.3 Å². The van der Waals surface area contributed by atoms with E-state index in [4.69, 9.17) is 9.47 Å². The molecule has 0 bridgehead atoms. The molecule has 3 aromatic carbocycles. The molecule has 42 heavy (non-hydrogen) atoms. The van der Waals surface area contributed by atoms with Gasteiger partial charge in [-0.25, -0.2) is 8.42 Å². The van der Waals surface area contributed by atoms with Gasteiger partial charge in [0.2, 0.25) is 0 Å². The van der Waals surface area contributed by atoms with Crippen molar-refractivity contribution in [3.63, 3.8) is 0 Å². The first kappa shape index (κ1) is 29.2. The van der Waals surface area contributed by atoms with E-state index in [0.29, 0.717) is 24.3 Å². The van der Waals surface area contributed by atoms with Crippen LogP contribution in [0.2, 0.25) is 0 Å². The molecule has 2 atom stereocenters. The number of hydrogen-bond acceptors (Lipinski definition) is 8. The Hall–Kier alpha value is -4.25. The zero-order chi connectivity index (χ0) is 29.7. The number of carbonyl (C=O) groups excluding carboxylic acids is 1. The van der Waals surface area contributed by atoms with Crippen LogP contribution in [0, 0.1) is 0 Å². The van der Waals surface area contributed by atoms with Gasteiger partial charge in [0.05, 0.1) is 13.2 Å². The van der Waals surface area contributed by atoms with Gasteiger partial charge in [-0.3, -0.25) is 14.5 Å². The highest BCUT2D eigenvalue weighted by atomic mass is 32.2. The van der Waals surface area contributed by atoms with Gasteiger partial charge in [-0.1, -0.05) is 18.2 Å². The molecule has 0 saturated carbocycles. The van der Waals surface area contributed by atoms with Gasteiger partial charge < -0.3 is 19.9 Å². The van der Waals surface area contributed by atoms with E-state index >= 15 is 0 Å². The van der Waals surface area contributed by atoms with Gasteiger partial charge in [-0.2, -0.15) is 0 Å². The van der Waals surface area contributed by atoms with Gasteiger partial charge in [-0.15, -0.1) is 0 Å². The minimum atomic E-state index is -3.99. The van der Waals surface area contributed by atoms with E-state index in [0.717, 1.165) is 40.8 Å². The molecule has 1 aliphatic rings. The fraction of sp³-hybridized carbons (Fsp3) is 0.250. The fourth-order valence-corrected chi connectivity index (χ4v) is 6.14. The Morgan fingerprint density at radius 2 is 1.86 bits per heavy atom. The molecule has 0 radical (unpaired) electrons. The van der Waals surface area contributed by atoms with Gasteiger partial charge in [-0.05, 0) is 91.1 Å². The van der Waals surface area contributed by atoms with Gasteiger partial charge in [0, 0.05) is 42.3 Å². The summed E-state index contributed by atoms with van der Waals surface area (Å²) in [6.07, 6.45) is 4.27. The standard InChI is InChI=1S/C32H33N3O6S/c1-21(36)22-5-10-27(11-6-22)35-42(38,39)32-17-24(9-14-31(32)40-2)23-8-13-30-25(16-23)7-12-28(41-30)19-34-20-29(37)26-4-3-15-33-18-26/h3-6,8-11,13-18,28-29,34-35,37H,7,12,19-20H2,1-2H3. The number of pyridine rings is 1. The van der Waals surface area contributed by atoms with E-state index in [-0.39, 0.29) is 22.5 Å². The summed E-state index contributed by atoms with van der Waals surface area (Å²) in [6, 6.07) is 20.8. The fourth-order valence-electron chi connectivity index (χ4n) is 4.89. The van der Waals surface area contributed by atoms with Crippen LogP contribution in [0.1, 0.15) is 40.9 Å². The number of rotatable bonds is 11. The molecule has 5 rings (SSSR count). The number of aryl methyl sites for hydroxylation is 1. The Morgan fingerprint density at radius 1 is 1.10 bits per heavy atom. The van der Waals surface area contributed by atoms with Gasteiger partial charge in [0.25, 0.3) is 10.0 Å². The highest BCUT2D eigenvalue weighted by Gasteiger charge is 2.23. The first-order valence-electron chi connectivity index (χ1n) is 13.6. The van der Waals surface area contributed by atoms with Crippen molar-refractivity contribution in [2.24, 2.45) is 0 Å². The number of sulfonamides is 1. The molecule has 2 heterocycles. The van der Waals surface area contributed by atoms with Crippen molar-refractivity contribution in [2.45, 2.75) is 36.9 Å². The number of hydrogen-bond donors (Lipinski definition) is 3. The van der Waals surface area contributed by atoms with Crippen LogP contribution in [-0.2, 0) is 16.4 Å². The van der Waals surface area contributed by atoms with Gasteiger partial charge in [0.1, 0.15) is 22.5 Å². The highest BCUT2D eigenvalue weighted by molar-refractivity contribution is 7.92. The number of carbonyl (C=O) groups is 1. The molecule has 0 spiro atoms. The number of aliphatic hydroxyl groups is 1. The van der Waals surface area contributed by atoms with Crippen LogP contribution in [0.4, 0.5) is 5.69 Å². The SMILES string of the molecule is COc1ccc(-c2ccc3c(c2)CCC(CNCC(O)c2cccnc2)O3)cc1S(=O)(=O)Nc1ccc(C(C)=O)cc1. The first-order chi connectivity index (χ1) is 20.2. The Kier molecular flexibility index (Phi) is 8.86. The second-order valence-electron chi connectivity index (χ2n) is 10.2. The van der Waals surface area contributed by atoms with E-state index in [1.165, 1.54) is 14.0 Å². The predicted molar refractivity (Wildman–Crippen MR) is 160 cm³/mol. The van der Waals surface area contributed by atoms with Crippen molar-refractivity contribution in [1.29, 1.82) is 0 Å². The number of nitrogens with one attached hydrogen (secondary N) is 2. The zero-order valence-electron chi connectivity index (χ0n) is 23.4. The number of aliphatic hydroxyl groups excluding tert-OH is 1. The average Bonchev–Trinajstić information content (AvgIpc) is 3.01. The smallest absolute Gasteiger partial charge is 0.265 e. The van der Waals surface area contributed by atoms with E-state index in [2.05, 4.69) is 15.0 Å². The third-order valence-corrected chi connectivity index (χ3v) is 8.60. The summed E-state index contributed by atoms with van der Waals surface area (Å²) in [5.41, 5.74) is 4.23. The number of ketones is 1. The lowest BCUT2D eigenvalue weighted by Gasteiger charge is -2.27. The van der Waals surface area contributed by atoms with Crippen molar-refractivity contribution in [3.8, 4) is 22.6 Å². The van der Waals surface area contributed by atoms with E-state index in [1.807, 2.05) is 30.3 Å². The average molecular weight is 588 g/mol. The number of fused-ring (bicyclic) bond motifs is 1. The van der Waals surface area contributed by atoms with Crippen molar-refractivity contribution in [2.75, 3.05) is 24.9 Å². The van der Waals surface area contributed by atoms with E-state index in [1.54, 1.807) is 54.9 Å². The van der Waals surface area contributed by atoms with Crippen LogP contribution in [0.25, 0.3) is 11.1 Å². The molecule has 0 aliphatic carbocycles. The number of benzene rings is 3. The molecule has 2 unspecified atom stereocenters. The normalized spacial score (nSPS) is 15.3. The Morgan fingerprint density at radius 3 is 2.57 bits per heavy atom. The number of anilines is 1. The van der Waals surface area contributed by atoms with Crippen LogP contribution >= 0.6 is 0 Å². The number of aromatic nitrogens is 1. The summed E-state index contributed by atoms with van der Waals surface area (Å²) >= 11 is 0. The third kappa shape index (κ3) is 6.79. The Bertz CT molecular complexity index is 1660. The van der Waals surface area contributed by atoms with Crippen molar-refractivity contribution < 1.29 is 27.8 Å². The van der Waals surface area contributed by atoms with Crippen LogP contribution in [0.5, 0.6) is 11.5 Å². The van der Waals surface area contributed by atoms with Crippen LogP contribution < -0.4 is 19.5 Å². The number of methoxy groups -OCH3 is 1. The molecule has 0 saturated heterocycles. The van der Waals surface area contributed by atoms with E-state index < -0.39 is 16.1 Å². The van der Waals surface area contributed by atoms with Crippen molar-refractivity contribution >= 4 is 21.5 Å². The summed E-state index contributed by atoms with van der Waals surface area (Å²) < 4.78 is 40.9. The quantitative estimate of drug-likeness (QED) is 0.214. The second-order valence-corrected chi connectivity index (χ2v) is 11.8. The molecule has 1 aliphatic heterocycles. The monoisotopic (exact) mass is 587 g/mol. The molecular weight excluding hydrogens is 554 g/mol. The summed E-state index contributed by atoms with van der Waals surface area (Å²) in [6.45, 7) is 2.46. The largest absolute Gasteiger partial charge is 0.495 e. The first-order valence-corrected chi connectivity index (χ1v) is 15.1. The molecule has 218 valence electrons. The topological polar surface area (TPSA) is 127 Å². The lowest BCUT2D eigenvalue weighted by atomic mass is 9.97. The van der Waals surface area contributed by atoms with Crippen LogP contribution in [0.15, 0.2) is 90.1 Å². The minimum Gasteiger partial charge on any atom is -0.495 e. The Labute approximate surface area is 245 Å². The van der Waals surface area contributed by atoms with Crippen LogP contribution in [0.3, 0.4) is 0 Å². The predicted octanol–water partition coefficient (Wildman–Crippen LogP) is 4.78. The summed E-state index contributed by atoms with van der Waals surface area (Å²) in [7, 11) is -2.56. The third-order valence-electron chi connectivity index (χ3n) is 7.20. The molecular formula is C32H33N3O6S.